The van der Waals surface area contributed by atoms with Gasteiger partial charge in [0.2, 0.25) is 11.8 Å². The first kappa shape index (κ1) is 26.3. The molecule has 36 heavy (non-hydrogen) atoms. The zero-order valence-corrected chi connectivity index (χ0v) is 20.9. The molecule has 3 aromatic rings. The molecule has 0 aliphatic carbocycles. The standard InChI is InChI=1S/C26H32N6O4/c1-16(2)14-31(22(34)13-28-21-12-20(29-18(4)33)11-10-17(21)3)23-24(27)32(26(36)30-25(23)35)15-19-8-6-5-7-9-19/h5-12,16,28H,13-15,27H2,1-4H3,(H,29,33)(H,30,35,36). The Bertz CT molecular complexity index is 1360. The molecule has 0 saturated heterocycles. The van der Waals surface area contributed by atoms with E-state index in [9.17, 15) is 19.2 Å². The van der Waals surface area contributed by atoms with Crippen molar-refractivity contribution in [3.63, 3.8) is 0 Å². The van der Waals surface area contributed by atoms with Crippen LogP contribution in [0.2, 0.25) is 0 Å². The van der Waals surface area contributed by atoms with Crippen molar-refractivity contribution >= 4 is 34.7 Å². The average Bonchev–Trinajstić information content (AvgIpc) is 2.81. The minimum Gasteiger partial charge on any atom is -0.383 e. The molecule has 0 fully saturated rings. The van der Waals surface area contributed by atoms with Crippen LogP contribution in [0.15, 0.2) is 58.1 Å². The number of amides is 2. The van der Waals surface area contributed by atoms with E-state index in [2.05, 4.69) is 15.6 Å². The molecule has 3 rings (SSSR count). The molecular formula is C26H32N6O4. The summed E-state index contributed by atoms with van der Waals surface area (Å²) < 4.78 is 1.25. The van der Waals surface area contributed by atoms with Crippen LogP contribution in [0.25, 0.3) is 0 Å². The molecule has 2 aromatic carbocycles. The fourth-order valence-corrected chi connectivity index (χ4v) is 3.80. The maximum atomic E-state index is 13.4. The lowest BCUT2D eigenvalue weighted by atomic mass is 10.1. The van der Waals surface area contributed by atoms with E-state index in [0.29, 0.717) is 11.4 Å². The van der Waals surface area contributed by atoms with Gasteiger partial charge in [-0.05, 0) is 36.1 Å². The van der Waals surface area contributed by atoms with Gasteiger partial charge in [0.25, 0.3) is 5.56 Å². The van der Waals surface area contributed by atoms with Crippen LogP contribution in [-0.2, 0) is 16.1 Å². The molecular weight excluding hydrogens is 460 g/mol. The normalized spacial score (nSPS) is 10.8. The topological polar surface area (TPSA) is 142 Å². The van der Waals surface area contributed by atoms with Crippen molar-refractivity contribution in [3.05, 3.63) is 80.5 Å². The van der Waals surface area contributed by atoms with E-state index in [1.54, 1.807) is 12.1 Å². The number of aromatic amines is 1. The molecule has 5 N–H and O–H groups in total. The van der Waals surface area contributed by atoms with Crippen LogP contribution >= 0.6 is 0 Å². The Morgan fingerprint density at radius 1 is 1.11 bits per heavy atom. The number of nitrogens with two attached hydrogens (primary N) is 1. The summed E-state index contributed by atoms with van der Waals surface area (Å²) in [6.07, 6.45) is 0. The second-order valence-corrected chi connectivity index (χ2v) is 9.03. The molecule has 10 nitrogen and oxygen atoms in total. The Morgan fingerprint density at radius 3 is 2.44 bits per heavy atom. The fraction of sp³-hybridized carbons (Fsp3) is 0.308. The lowest BCUT2D eigenvalue weighted by Crippen LogP contribution is -2.44. The molecule has 2 amide bonds. The zero-order chi connectivity index (χ0) is 26.4. The van der Waals surface area contributed by atoms with Crippen LogP contribution in [0.4, 0.5) is 22.9 Å². The lowest BCUT2D eigenvalue weighted by Gasteiger charge is -2.26. The van der Waals surface area contributed by atoms with Crippen LogP contribution < -0.4 is 32.5 Å². The molecule has 0 atom stereocenters. The Balaban J connectivity index is 1.93. The van der Waals surface area contributed by atoms with Crippen LogP contribution in [-0.4, -0.2) is 34.5 Å². The van der Waals surface area contributed by atoms with Gasteiger partial charge < -0.3 is 21.3 Å². The molecule has 190 valence electrons. The predicted octanol–water partition coefficient (Wildman–Crippen LogP) is 2.54. The number of hydrogen-bond acceptors (Lipinski definition) is 6. The van der Waals surface area contributed by atoms with Gasteiger partial charge in [0.1, 0.15) is 5.82 Å². The number of H-pyrrole nitrogens is 1. The third-order valence-electron chi connectivity index (χ3n) is 5.50. The van der Waals surface area contributed by atoms with Gasteiger partial charge in [-0.1, -0.05) is 50.2 Å². The predicted molar refractivity (Wildman–Crippen MR) is 142 cm³/mol. The van der Waals surface area contributed by atoms with Gasteiger partial charge in [0, 0.05) is 24.8 Å². The molecule has 0 aliphatic rings. The molecule has 0 saturated carbocycles. The highest BCUT2D eigenvalue weighted by Crippen LogP contribution is 2.22. The minimum absolute atomic E-state index is 0.0204. The van der Waals surface area contributed by atoms with Crippen molar-refractivity contribution in [3.8, 4) is 0 Å². The number of hydrogen-bond donors (Lipinski definition) is 4. The number of anilines is 4. The van der Waals surface area contributed by atoms with Crippen LogP contribution in [0.1, 0.15) is 31.9 Å². The molecule has 1 aromatic heterocycles. The zero-order valence-electron chi connectivity index (χ0n) is 20.9. The highest BCUT2D eigenvalue weighted by atomic mass is 16.2. The van der Waals surface area contributed by atoms with Crippen molar-refractivity contribution in [2.45, 2.75) is 34.2 Å². The van der Waals surface area contributed by atoms with Gasteiger partial charge in [-0.2, -0.15) is 0 Å². The summed E-state index contributed by atoms with van der Waals surface area (Å²) in [5.74, 6) is -0.656. The van der Waals surface area contributed by atoms with Gasteiger partial charge >= 0.3 is 5.69 Å². The number of nitrogens with zero attached hydrogens (tertiary/aromatic N) is 2. The van der Waals surface area contributed by atoms with E-state index < -0.39 is 17.2 Å². The summed E-state index contributed by atoms with van der Waals surface area (Å²) in [6.45, 7) is 7.36. The molecule has 0 aliphatic heterocycles. The summed E-state index contributed by atoms with van der Waals surface area (Å²) in [4.78, 5) is 53.8. The van der Waals surface area contributed by atoms with E-state index in [4.69, 9.17) is 5.73 Å². The van der Waals surface area contributed by atoms with Gasteiger partial charge in [-0.15, -0.1) is 0 Å². The Hall–Kier alpha value is -4.34. The van der Waals surface area contributed by atoms with Gasteiger partial charge in [0.05, 0.1) is 13.1 Å². The van der Waals surface area contributed by atoms with Gasteiger partial charge in [0.15, 0.2) is 5.69 Å². The smallest absolute Gasteiger partial charge is 0.330 e. The summed E-state index contributed by atoms with van der Waals surface area (Å²) in [6, 6.07) is 14.6. The summed E-state index contributed by atoms with van der Waals surface area (Å²) in [5.41, 5.74) is 7.86. The van der Waals surface area contributed by atoms with Crippen molar-refractivity contribution in [1.29, 1.82) is 0 Å². The number of rotatable bonds is 9. The van der Waals surface area contributed by atoms with Gasteiger partial charge in [-0.25, -0.2) is 4.79 Å². The minimum atomic E-state index is -0.723. The SMILES string of the molecule is CC(=O)Nc1ccc(C)c(NCC(=O)N(CC(C)C)c2c(N)n(Cc3ccccc3)c(=O)[nH]c2=O)c1. The molecule has 0 unspecified atom stereocenters. The van der Waals surface area contributed by atoms with Crippen LogP contribution in [0.5, 0.6) is 0 Å². The van der Waals surface area contributed by atoms with E-state index in [-0.39, 0.29) is 43.0 Å². The molecule has 0 radical (unpaired) electrons. The number of nitrogens with one attached hydrogen (secondary N) is 3. The van der Waals surface area contributed by atoms with Crippen molar-refractivity contribution < 1.29 is 9.59 Å². The Labute approximate surface area is 209 Å². The van der Waals surface area contributed by atoms with Crippen molar-refractivity contribution in [2.75, 3.05) is 34.4 Å². The summed E-state index contributed by atoms with van der Waals surface area (Å²) in [7, 11) is 0. The second kappa shape index (κ2) is 11.4. The Morgan fingerprint density at radius 2 is 1.81 bits per heavy atom. The maximum Gasteiger partial charge on any atom is 0.330 e. The highest BCUT2D eigenvalue weighted by molar-refractivity contribution is 5.98. The third kappa shape index (κ3) is 6.41. The highest BCUT2D eigenvalue weighted by Gasteiger charge is 2.25. The number of carbonyl (C=O) groups is 2. The average molecular weight is 493 g/mol. The fourth-order valence-electron chi connectivity index (χ4n) is 3.80. The number of aromatic nitrogens is 2. The van der Waals surface area contributed by atoms with E-state index in [0.717, 1.165) is 11.1 Å². The molecule has 1 heterocycles. The lowest BCUT2D eigenvalue weighted by molar-refractivity contribution is -0.117. The third-order valence-corrected chi connectivity index (χ3v) is 5.50. The first-order chi connectivity index (χ1) is 17.1. The number of aryl methyl sites for hydroxylation is 1. The van der Waals surface area contributed by atoms with E-state index >= 15 is 0 Å². The summed E-state index contributed by atoms with van der Waals surface area (Å²) >= 11 is 0. The first-order valence-electron chi connectivity index (χ1n) is 11.7. The largest absolute Gasteiger partial charge is 0.383 e. The second-order valence-electron chi connectivity index (χ2n) is 9.03. The first-order valence-corrected chi connectivity index (χ1v) is 11.7. The molecule has 0 spiro atoms. The van der Waals surface area contributed by atoms with E-state index in [1.165, 1.54) is 16.4 Å². The Kier molecular flexibility index (Phi) is 8.31. The van der Waals surface area contributed by atoms with Crippen molar-refractivity contribution in [1.82, 2.24) is 9.55 Å². The summed E-state index contributed by atoms with van der Waals surface area (Å²) in [5, 5.41) is 5.80. The number of nitrogen functional groups attached to an aromatic ring is 1. The quantitative estimate of drug-likeness (QED) is 0.362. The van der Waals surface area contributed by atoms with E-state index in [1.807, 2.05) is 57.2 Å². The number of benzene rings is 2. The maximum absolute atomic E-state index is 13.4. The van der Waals surface area contributed by atoms with Crippen molar-refractivity contribution in [2.24, 2.45) is 5.92 Å². The molecule has 10 heteroatoms. The molecule has 0 bridgehead atoms. The van der Waals surface area contributed by atoms with Crippen LogP contribution in [0, 0.1) is 12.8 Å². The van der Waals surface area contributed by atoms with Gasteiger partial charge in [-0.3, -0.25) is 23.9 Å². The monoisotopic (exact) mass is 492 g/mol. The number of carbonyl (C=O) groups excluding carboxylic acids is 2. The van der Waals surface area contributed by atoms with Crippen LogP contribution in [0.3, 0.4) is 0 Å².